The van der Waals surface area contributed by atoms with Crippen molar-refractivity contribution in [2.24, 2.45) is 11.8 Å². The Hall–Kier alpha value is -2.31. The van der Waals surface area contributed by atoms with Gasteiger partial charge in [0.1, 0.15) is 11.9 Å². The van der Waals surface area contributed by atoms with Crippen molar-refractivity contribution in [3.63, 3.8) is 0 Å². The lowest BCUT2D eigenvalue weighted by Gasteiger charge is -2.42. The van der Waals surface area contributed by atoms with Gasteiger partial charge in [-0.2, -0.15) is 0 Å². The summed E-state index contributed by atoms with van der Waals surface area (Å²) in [6.45, 7) is 6.08. The molecule has 6 nitrogen and oxygen atoms in total. The van der Waals surface area contributed by atoms with Crippen molar-refractivity contribution in [1.29, 1.82) is 0 Å². The number of carbonyl (C=O) groups is 1. The normalized spacial score (nSPS) is 34.2. The van der Waals surface area contributed by atoms with Crippen LogP contribution >= 0.6 is 0 Å². The lowest BCUT2D eigenvalue weighted by atomic mass is 9.71. The Balaban J connectivity index is 1.78. The molecule has 0 unspecified atom stereocenters. The van der Waals surface area contributed by atoms with Crippen molar-refractivity contribution < 1.29 is 28.5 Å². The molecule has 0 N–H and O–H groups in total. The summed E-state index contributed by atoms with van der Waals surface area (Å²) in [6.07, 6.45) is 3.08. The van der Waals surface area contributed by atoms with Crippen LogP contribution in [0.5, 0.6) is 11.5 Å². The van der Waals surface area contributed by atoms with Crippen molar-refractivity contribution in [2.45, 2.75) is 31.2 Å². The quantitative estimate of drug-likeness (QED) is 0.740. The van der Waals surface area contributed by atoms with Crippen molar-refractivity contribution in [3.8, 4) is 11.5 Å². The van der Waals surface area contributed by atoms with Crippen LogP contribution in [0.3, 0.4) is 0 Å². The lowest BCUT2D eigenvalue weighted by molar-refractivity contribution is -0.141. The average Bonchev–Trinajstić information content (AvgIpc) is 3.26. The van der Waals surface area contributed by atoms with E-state index >= 15 is 0 Å². The Bertz CT molecular complexity index is 800. The first-order valence-electron chi connectivity index (χ1n) is 9.07. The Morgan fingerprint density at radius 1 is 1.30 bits per heavy atom. The minimum absolute atomic E-state index is 0.0250. The van der Waals surface area contributed by atoms with Gasteiger partial charge in [-0.25, -0.2) is 0 Å². The van der Waals surface area contributed by atoms with E-state index in [4.69, 9.17) is 23.7 Å². The van der Waals surface area contributed by atoms with Gasteiger partial charge in [-0.3, -0.25) is 4.79 Å². The van der Waals surface area contributed by atoms with E-state index in [-0.39, 0.29) is 30.5 Å². The molecule has 1 saturated heterocycles. The molecule has 0 aromatic heterocycles. The number of fused-ring (bicyclic) bond motifs is 2. The number of hydrogen-bond acceptors (Lipinski definition) is 6. The van der Waals surface area contributed by atoms with Crippen LogP contribution in [0.4, 0.5) is 0 Å². The summed E-state index contributed by atoms with van der Waals surface area (Å²) in [6, 6.07) is 5.79. The molecule has 0 saturated carbocycles. The van der Waals surface area contributed by atoms with Gasteiger partial charge in [-0.05, 0) is 24.1 Å². The summed E-state index contributed by atoms with van der Waals surface area (Å²) in [5.74, 6) is 1.47. The SMILES string of the molecule is C=CC[C@@H]1C(=O)C=C(OC)[C@]2(OC)[C@@H](C)[C@H](c3ccc4c(c3)OCO4)O[C@@H]12. The molecule has 1 aromatic rings. The first-order chi connectivity index (χ1) is 13.1. The molecule has 0 spiro atoms. The molecule has 4 rings (SSSR count). The lowest BCUT2D eigenvalue weighted by Crippen LogP contribution is -2.54. The molecule has 0 radical (unpaired) electrons. The molecule has 3 aliphatic rings. The van der Waals surface area contributed by atoms with Gasteiger partial charge in [0.05, 0.1) is 19.1 Å². The van der Waals surface area contributed by atoms with Crippen LogP contribution in [0.15, 0.2) is 42.7 Å². The number of allylic oxidation sites excluding steroid dienone is 2. The monoisotopic (exact) mass is 372 g/mol. The minimum atomic E-state index is -0.836. The number of ketones is 1. The number of rotatable bonds is 5. The Kier molecular flexibility index (Phi) is 4.48. The Morgan fingerprint density at radius 3 is 2.78 bits per heavy atom. The maximum absolute atomic E-state index is 12.7. The molecule has 2 aliphatic heterocycles. The zero-order valence-corrected chi connectivity index (χ0v) is 15.8. The molecular formula is C21H24O6. The molecule has 5 atom stereocenters. The van der Waals surface area contributed by atoms with Gasteiger partial charge >= 0.3 is 0 Å². The minimum Gasteiger partial charge on any atom is -0.498 e. The van der Waals surface area contributed by atoms with Gasteiger partial charge in [0.25, 0.3) is 0 Å². The molecule has 2 heterocycles. The van der Waals surface area contributed by atoms with Crippen molar-refractivity contribution >= 4 is 5.78 Å². The van der Waals surface area contributed by atoms with Gasteiger partial charge in [-0.1, -0.05) is 19.1 Å². The summed E-state index contributed by atoms with van der Waals surface area (Å²) >= 11 is 0. The van der Waals surface area contributed by atoms with E-state index in [1.807, 2.05) is 18.2 Å². The smallest absolute Gasteiger partial charge is 0.231 e. The van der Waals surface area contributed by atoms with Crippen LogP contribution in [0.1, 0.15) is 25.0 Å². The molecule has 27 heavy (non-hydrogen) atoms. The zero-order valence-electron chi connectivity index (χ0n) is 15.8. The van der Waals surface area contributed by atoms with Crippen LogP contribution < -0.4 is 9.47 Å². The molecular weight excluding hydrogens is 348 g/mol. The summed E-state index contributed by atoms with van der Waals surface area (Å²) in [7, 11) is 3.20. The van der Waals surface area contributed by atoms with Gasteiger partial charge < -0.3 is 23.7 Å². The predicted molar refractivity (Wildman–Crippen MR) is 97.5 cm³/mol. The van der Waals surface area contributed by atoms with Crippen molar-refractivity contribution in [3.05, 3.63) is 48.3 Å². The highest BCUT2D eigenvalue weighted by Crippen LogP contribution is 2.55. The molecule has 1 fully saturated rings. The second kappa shape index (κ2) is 6.69. The maximum atomic E-state index is 12.7. The Labute approximate surface area is 158 Å². The molecule has 1 aliphatic carbocycles. The van der Waals surface area contributed by atoms with Crippen LogP contribution in [0.25, 0.3) is 0 Å². The van der Waals surface area contributed by atoms with Crippen LogP contribution in [0, 0.1) is 11.8 Å². The highest BCUT2D eigenvalue weighted by molar-refractivity contribution is 5.94. The fraction of sp³-hybridized carbons (Fsp3) is 0.476. The summed E-state index contributed by atoms with van der Waals surface area (Å²) in [5, 5.41) is 0. The number of carbonyl (C=O) groups excluding carboxylic acids is 1. The highest BCUT2D eigenvalue weighted by Gasteiger charge is 2.63. The van der Waals surface area contributed by atoms with Crippen LogP contribution in [0.2, 0.25) is 0 Å². The van der Waals surface area contributed by atoms with Crippen molar-refractivity contribution in [1.82, 2.24) is 0 Å². The van der Waals surface area contributed by atoms with E-state index in [9.17, 15) is 4.79 Å². The molecule has 0 bridgehead atoms. The average molecular weight is 372 g/mol. The van der Waals surface area contributed by atoms with Gasteiger partial charge in [0.15, 0.2) is 22.9 Å². The van der Waals surface area contributed by atoms with Crippen molar-refractivity contribution in [2.75, 3.05) is 21.0 Å². The third-order valence-electron chi connectivity index (χ3n) is 5.94. The fourth-order valence-corrected chi connectivity index (χ4v) is 4.62. The van der Waals surface area contributed by atoms with E-state index < -0.39 is 11.7 Å². The van der Waals surface area contributed by atoms with Gasteiger partial charge in [0.2, 0.25) is 6.79 Å². The molecule has 144 valence electrons. The number of benzene rings is 1. The van der Waals surface area contributed by atoms with E-state index in [2.05, 4.69) is 13.5 Å². The maximum Gasteiger partial charge on any atom is 0.231 e. The molecule has 6 heteroatoms. The first-order valence-corrected chi connectivity index (χ1v) is 9.07. The number of ether oxygens (including phenoxy) is 5. The molecule has 0 amide bonds. The Morgan fingerprint density at radius 2 is 2.07 bits per heavy atom. The molecule has 1 aromatic carbocycles. The number of methoxy groups -OCH3 is 2. The zero-order chi connectivity index (χ0) is 19.2. The summed E-state index contributed by atoms with van der Waals surface area (Å²) in [5.41, 5.74) is 0.120. The van der Waals surface area contributed by atoms with Gasteiger partial charge in [-0.15, -0.1) is 6.58 Å². The van der Waals surface area contributed by atoms with Gasteiger partial charge in [0, 0.05) is 19.1 Å². The fourth-order valence-electron chi connectivity index (χ4n) is 4.62. The van der Waals surface area contributed by atoms with E-state index in [0.29, 0.717) is 17.9 Å². The predicted octanol–water partition coefficient (Wildman–Crippen LogP) is 3.18. The topological polar surface area (TPSA) is 63.2 Å². The summed E-state index contributed by atoms with van der Waals surface area (Å²) in [4.78, 5) is 12.7. The standard InChI is InChI=1S/C21H24O6/c1-5-6-14-15(22)10-18(23-3)21(24-4)12(2)19(27-20(14)21)13-7-8-16-17(9-13)26-11-25-16/h5,7-10,12,14,19-20H,1,6,11H2,2-4H3/t12-,14+,19+,20-,21+/m0/s1. The number of hydrogen-bond donors (Lipinski definition) is 0. The summed E-state index contributed by atoms with van der Waals surface area (Å²) < 4.78 is 29.0. The van der Waals surface area contributed by atoms with Crippen LogP contribution in [-0.4, -0.2) is 38.5 Å². The second-order valence-corrected chi connectivity index (χ2v) is 7.12. The van der Waals surface area contributed by atoms with E-state index in [1.54, 1.807) is 26.4 Å². The third kappa shape index (κ3) is 2.51. The van der Waals surface area contributed by atoms with E-state index in [1.165, 1.54) is 0 Å². The second-order valence-electron chi connectivity index (χ2n) is 7.12. The largest absolute Gasteiger partial charge is 0.498 e. The highest BCUT2D eigenvalue weighted by atomic mass is 16.7. The first kappa shape index (κ1) is 18.1. The van der Waals surface area contributed by atoms with E-state index in [0.717, 1.165) is 11.3 Å². The van der Waals surface area contributed by atoms with Crippen LogP contribution in [-0.2, 0) is 19.0 Å². The third-order valence-corrected chi connectivity index (χ3v) is 5.94.